The molecule has 112 valence electrons. The van der Waals surface area contributed by atoms with Crippen LogP contribution < -0.4 is 5.32 Å². The van der Waals surface area contributed by atoms with Crippen LogP contribution in [0.1, 0.15) is 51.1 Å². The molecule has 0 amide bonds. The van der Waals surface area contributed by atoms with Gasteiger partial charge in [0.1, 0.15) is 0 Å². The monoisotopic (exact) mass is 282 g/mol. The standard InChI is InChI=1S/C19H26N2/c1-19(2)11-5-4-9-17(19)18(20-3)16-8-6-7-14-13-21-12-10-15(14)16/h6-8,10,12-13,17-18,20H,4-5,9,11H2,1-3H3. The van der Waals surface area contributed by atoms with E-state index >= 15 is 0 Å². The SMILES string of the molecule is CNC(c1cccc2cnccc12)C1CCCCC1(C)C. The normalized spacial score (nSPS) is 23.1. The van der Waals surface area contributed by atoms with Crippen LogP contribution in [0.3, 0.4) is 0 Å². The van der Waals surface area contributed by atoms with E-state index in [4.69, 9.17) is 0 Å². The highest BCUT2D eigenvalue weighted by Crippen LogP contribution is 2.47. The van der Waals surface area contributed by atoms with E-state index in [-0.39, 0.29) is 0 Å². The molecule has 1 aliphatic carbocycles. The molecule has 2 nitrogen and oxygen atoms in total. The van der Waals surface area contributed by atoms with E-state index in [0.717, 1.165) is 0 Å². The maximum atomic E-state index is 4.26. The fourth-order valence-corrected chi connectivity index (χ4v) is 4.13. The first-order chi connectivity index (χ1) is 10.1. The number of benzene rings is 1. The van der Waals surface area contributed by atoms with Crippen molar-refractivity contribution in [1.29, 1.82) is 0 Å². The predicted molar refractivity (Wildman–Crippen MR) is 89.3 cm³/mol. The number of nitrogens with zero attached hydrogens (tertiary/aromatic N) is 1. The summed E-state index contributed by atoms with van der Waals surface area (Å²) in [5.41, 5.74) is 1.83. The molecule has 2 heteroatoms. The van der Waals surface area contributed by atoms with Gasteiger partial charge in [0.05, 0.1) is 0 Å². The molecule has 1 aromatic heterocycles. The van der Waals surface area contributed by atoms with Crippen LogP contribution in [0.15, 0.2) is 36.7 Å². The number of nitrogens with one attached hydrogen (secondary N) is 1. The highest BCUT2D eigenvalue weighted by atomic mass is 14.9. The number of aromatic nitrogens is 1. The fourth-order valence-electron chi connectivity index (χ4n) is 4.13. The van der Waals surface area contributed by atoms with Gasteiger partial charge in [-0.15, -0.1) is 0 Å². The first-order valence-electron chi connectivity index (χ1n) is 8.13. The lowest BCUT2D eigenvalue weighted by Crippen LogP contribution is -2.37. The van der Waals surface area contributed by atoms with Crippen LogP contribution in [0.2, 0.25) is 0 Å². The topological polar surface area (TPSA) is 24.9 Å². The highest BCUT2D eigenvalue weighted by Gasteiger charge is 2.37. The third kappa shape index (κ3) is 2.69. The van der Waals surface area contributed by atoms with Gasteiger partial charge in [0.25, 0.3) is 0 Å². The molecule has 1 N–H and O–H groups in total. The average Bonchev–Trinajstić information content (AvgIpc) is 2.49. The molecule has 0 saturated heterocycles. The molecule has 21 heavy (non-hydrogen) atoms. The Morgan fingerprint density at radius 2 is 2.10 bits per heavy atom. The molecule has 2 unspecified atom stereocenters. The Labute approximate surface area is 128 Å². The van der Waals surface area contributed by atoms with E-state index in [0.29, 0.717) is 17.4 Å². The molecule has 0 bridgehead atoms. The Kier molecular flexibility index (Phi) is 3.99. The number of pyridine rings is 1. The Bertz CT molecular complexity index is 612. The third-order valence-corrected chi connectivity index (χ3v) is 5.35. The Morgan fingerprint density at radius 3 is 2.86 bits per heavy atom. The van der Waals surface area contributed by atoms with Crippen molar-refractivity contribution < 1.29 is 0 Å². The molecule has 0 radical (unpaired) electrons. The predicted octanol–water partition coefficient (Wildman–Crippen LogP) is 4.71. The van der Waals surface area contributed by atoms with Crippen LogP contribution in [0.5, 0.6) is 0 Å². The maximum absolute atomic E-state index is 4.26. The van der Waals surface area contributed by atoms with Crippen LogP contribution in [-0.2, 0) is 0 Å². The zero-order valence-corrected chi connectivity index (χ0v) is 13.4. The van der Waals surface area contributed by atoms with Crippen molar-refractivity contribution >= 4 is 10.8 Å². The second-order valence-electron chi connectivity index (χ2n) is 7.05. The van der Waals surface area contributed by atoms with Crippen LogP contribution in [0.4, 0.5) is 0 Å². The van der Waals surface area contributed by atoms with Crippen LogP contribution >= 0.6 is 0 Å². The zero-order valence-electron chi connectivity index (χ0n) is 13.4. The van der Waals surface area contributed by atoms with Gasteiger partial charge in [-0.25, -0.2) is 0 Å². The molecule has 2 aromatic rings. The molecule has 2 atom stereocenters. The lowest BCUT2D eigenvalue weighted by Gasteiger charge is -2.43. The van der Waals surface area contributed by atoms with Gasteiger partial charge in [-0.3, -0.25) is 4.98 Å². The quantitative estimate of drug-likeness (QED) is 0.881. The van der Waals surface area contributed by atoms with Crippen molar-refractivity contribution in [1.82, 2.24) is 10.3 Å². The van der Waals surface area contributed by atoms with Gasteiger partial charge >= 0.3 is 0 Å². The summed E-state index contributed by atoms with van der Waals surface area (Å²) in [7, 11) is 2.11. The van der Waals surface area contributed by atoms with Gasteiger partial charge in [-0.05, 0) is 48.2 Å². The molecule has 0 aliphatic heterocycles. The van der Waals surface area contributed by atoms with Crippen molar-refractivity contribution in [3.63, 3.8) is 0 Å². The molecule has 1 aliphatic rings. The van der Waals surface area contributed by atoms with Crippen molar-refractivity contribution in [2.24, 2.45) is 11.3 Å². The summed E-state index contributed by atoms with van der Waals surface area (Å²) in [4.78, 5) is 4.26. The summed E-state index contributed by atoms with van der Waals surface area (Å²) in [5, 5.41) is 6.20. The summed E-state index contributed by atoms with van der Waals surface area (Å²) in [6.45, 7) is 4.88. The highest BCUT2D eigenvalue weighted by molar-refractivity contribution is 5.85. The summed E-state index contributed by atoms with van der Waals surface area (Å²) >= 11 is 0. The summed E-state index contributed by atoms with van der Waals surface area (Å²) < 4.78 is 0. The smallest absolute Gasteiger partial charge is 0.0357 e. The third-order valence-electron chi connectivity index (χ3n) is 5.35. The number of hydrogen-bond donors (Lipinski definition) is 1. The van der Waals surface area contributed by atoms with Gasteiger partial charge in [0.2, 0.25) is 0 Å². The average molecular weight is 282 g/mol. The molecule has 1 heterocycles. The summed E-state index contributed by atoms with van der Waals surface area (Å²) in [6, 6.07) is 9.19. The molecule has 1 aromatic carbocycles. The molecule has 3 rings (SSSR count). The van der Waals surface area contributed by atoms with E-state index in [2.05, 4.69) is 55.5 Å². The summed E-state index contributed by atoms with van der Waals surface area (Å²) in [6.07, 6.45) is 9.27. The second-order valence-corrected chi connectivity index (χ2v) is 7.05. The van der Waals surface area contributed by atoms with E-state index in [1.807, 2.05) is 12.4 Å². The maximum Gasteiger partial charge on any atom is 0.0357 e. The molecule has 1 fully saturated rings. The first kappa shape index (κ1) is 14.5. The van der Waals surface area contributed by atoms with E-state index in [1.165, 1.54) is 42.0 Å². The number of rotatable bonds is 3. The minimum Gasteiger partial charge on any atom is -0.313 e. The van der Waals surface area contributed by atoms with Crippen molar-refractivity contribution in [3.05, 3.63) is 42.2 Å². The number of hydrogen-bond acceptors (Lipinski definition) is 2. The Hall–Kier alpha value is -1.41. The zero-order chi connectivity index (χ0) is 14.9. The van der Waals surface area contributed by atoms with Crippen LogP contribution in [0, 0.1) is 11.3 Å². The van der Waals surface area contributed by atoms with Crippen LogP contribution in [0.25, 0.3) is 10.8 Å². The van der Waals surface area contributed by atoms with Gasteiger partial charge in [0.15, 0.2) is 0 Å². The van der Waals surface area contributed by atoms with Gasteiger partial charge in [-0.1, -0.05) is 44.9 Å². The van der Waals surface area contributed by atoms with E-state index in [1.54, 1.807) is 0 Å². The summed E-state index contributed by atoms with van der Waals surface area (Å²) in [5.74, 6) is 0.690. The Balaban J connectivity index is 2.06. The van der Waals surface area contributed by atoms with Crippen molar-refractivity contribution in [2.45, 2.75) is 45.6 Å². The lowest BCUT2D eigenvalue weighted by molar-refractivity contribution is 0.102. The van der Waals surface area contributed by atoms with E-state index in [9.17, 15) is 0 Å². The Morgan fingerprint density at radius 1 is 1.24 bits per heavy atom. The van der Waals surface area contributed by atoms with Gasteiger partial charge < -0.3 is 5.32 Å². The van der Waals surface area contributed by atoms with Crippen LogP contribution in [-0.4, -0.2) is 12.0 Å². The van der Waals surface area contributed by atoms with Crippen molar-refractivity contribution in [3.8, 4) is 0 Å². The minimum atomic E-state index is 0.404. The molecular weight excluding hydrogens is 256 g/mol. The van der Waals surface area contributed by atoms with Gasteiger partial charge in [0, 0.05) is 23.8 Å². The minimum absolute atomic E-state index is 0.404. The lowest BCUT2D eigenvalue weighted by atomic mass is 9.64. The number of fused-ring (bicyclic) bond motifs is 1. The first-order valence-corrected chi connectivity index (χ1v) is 8.13. The second kappa shape index (κ2) is 5.76. The van der Waals surface area contributed by atoms with Crippen molar-refractivity contribution in [2.75, 3.05) is 7.05 Å². The molecular formula is C19H26N2. The largest absolute Gasteiger partial charge is 0.313 e. The fraction of sp³-hybridized carbons (Fsp3) is 0.526. The van der Waals surface area contributed by atoms with Gasteiger partial charge in [-0.2, -0.15) is 0 Å². The van der Waals surface area contributed by atoms with E-state index < -0.39 is 0 Å². The molecule has 1 saturated carbocycles. The molecule has 0 spiro atoms.